The van der Waals surface area contributed by atoms with Gasteiger partial charge in [0.05, 0.1) is 17.8 Å². The highest BCUT2D eigenvalue weighted by Gasteiger charge is 2.38. The lowest BCUT2D eigenvalue weighted by molar-refractivity contribution is 0.0189. The molecule has 0 spiro atoms. The third kappa shape index (κ3) is 4.75. The summed E-state index contributed by atoms with van der Waals surface area (Å²) >= 11 is 0. The molecule has 4 atom stereocenters. The van der Waals surface area contributed by atoms with Crippen LogP contribution in [-0.2, 0) is 11.2 Å². The van der Waals surface area contributed by atoms with E-state index >= 15 is 0 Å². The van der Waals surface area contributed by atoms with Crippen molar-refractivity contribution in [2.45, 2.75) is 43.6 Å². The van der Waals surface area contributed by atoms with Gasteiger partial charge >= 0.3 is 6.09 Å². The van der Waals surface area contributed by atoms with Crippen molar-refractivity contribution in [3.63, 3.8) is 0 Å². The summed E-state index contributed by atoms with van der Waals surface area (Å²) in [6.45, 7) is 1.86. The molecular formula is C20H25FN4O4. The van der Waals surface area contributed by atoms with Crippen LogP contribution >= 0.6 is 0 Å². The number of β-amino-alcohol motifs (C(OH)–C–C–N with tert-alkyl or cyclic N) is 1. The second kappa shape index (κ2) is 8.89. The van der Waals surface area contributed by atoms with E-state index < -0.39 is 24.1 Å². The number of carbonyl (C=O) groups is 1. The molecule has 0 bridgehead atoms. The minimum atomic E-state index is -0.808. The molecule has 0 unspecified atom stereocenters. The summed E-state index contributed by atoms with van der Waals surface area (Å²) in [5, 5.41) is 19.3. The van der Waals surface area contributed by atoms with Gasteiger partial charge in [-0.2, -0.15) is 0 Å². The fourth-order valence-corrected chi connectivity index (χ4v) is 3.72. The van der Waals surface area contributed by atoms with E-state index in [1.807, 2.05) is 0 Å². The van der Waals surface area contributed by atoms with Crippen LogP contribution in [0.1, 0.15) is 18.4 Å². The summed E-state index contributed by atoms with van der Waals surface area (Å²) in [4.78, 5) is 15.9. The van der Waals surface area contributed by atoms with E-state index in [1.54, 1.807) is 12.1 Å². The molecule has 9 heteroatoms. The number of ether oxygens (including phenoxy) is 1. The molecule has 29 heavy (non-hydrogen) atoms. The number of benzene rings is 1. The second-order valence-electron chi connectivity index (χ2n) is 7.49. The van der Waals surface area contributed by atoms with E-state index in [0.717, 1.165) is 24.9 Å². The normalized spacial score (nSPS) is 26.1. The number of oxazole rings is 1. The van der Waals surface area contributed by atoms with E-state index in [1.165, 1.54) is 18.7 Å². The van der Waals surface area contributed by atoms with E-state index in [4.69, 9.17) is 9.15 Å². The van der Waals surface area contributed by atoms with Gasteiger partial charge in [-0.3, -0.25) is 0 Å². The average Bonchev–Trinajstić information content (AvgIpc) is 3.30. The predicted octanol–water partition coefficient (Wildman–Crippen LogP) is 1.20. The van der Waals surface area contributed by atoms with Crippen molar-refractivity contribution in [2.75, 3.05) is 19.6 Å². The fraction of sp³-hybridized carbons (Fsp3) is 0.500. The van der Waals surface area contributed by atoms with Gasteiger partial charge in [-0.1, -0.05) is 6.07 Å². The van der Waals surface area contributed by atoms with Crippen molar-refractivity contribution in [3.05, 3.63) is 42.2 Å². The Balaban J connectivity index is 1.33. The third-order valence-corrected chi connectivity index (χ3v) is 5.48. The SMILES string of the molecule is O=C(NCC[C@@H]1CCN1)O[C@@H]1[C@@H](O)CN[C@@H]1Cc1ccc(-c2cnco2)c(F)c1. The number of aliphatic hydroxyl groups excluding tert-OH is 1. The average molecular weight is 404 g/mol. The molecule has 4 N–H and O–H groups in total. The number of hydrogen-bond acceptors (Lipinski definition) is 7. The Labute approximate surface area is 167 Å². The molecule has 2 saturated heterocycles. The molecule has 0 aliphatic carbocycles. The van der Waals surface area contributed by atoms with Gasteiger partial charge in [0.2, 0.25) is 0 Å². The highest BCUT2D eigenvalue weighted by Crippen LogP contribution is 2.25. The molecule has 2 aliphatic rings. The molecule has 2 aromatic rings. The largest absolute Gasteiger partial charge is 0.443 e. The maximum atomic E-state index is 14.5. The van der Waals surface area contributed by atoms with Crippen LogP contribution in [0.15, 0.2) is 35.2 Å². The Morgan fingerprint density at radius 3 is 2.97 bits per heavy atom. The lowest BCUT2D eigenvalue weighted by atomic mass is 10.00. The Kier molecular flexibility index (Phi) is 6.08. The molecule has 2 aliphatic heterocycles. The predicted molar refractivity (Wildman–Crippen MR) is 103 cm³/mol. The van der Waals surface area contributed by atoms with Crippen LogP contribution in [0.2, 0.25) is 0 Å². The first-order valence-corrected chi connectivity index (χ1v) is 9.87. The van der Waals surface area contributed by atoms with Crippen molar-refractivity contribution in [2.24, 2.45) is 0 Å². The van der Waals surface area contributed by atoms with Gasteiger partial charge in [0.25, 0.3) is 0 Å². The lowest BCUT2D eigenvalue weighted by Gasteiger charge is -2.27. The quantitative estimate of drug-likeness (QED) is 0.549. The lowest BCUT2D eigenvalue weighted by Crippen LogP contribution is -2.46. The van der Waals surface area contributed by atoms with Crippen LogP contribution in [0, 0.1) is 5.82 Å². The maximum absolute atomic E-state index is 14.5. The number of nitrogens with one attached hydrogen (secondary N) is 3. The highest BCUT2D eigenvalue weighted by molar-refractivity contribution is 5.67. The summed E-state index contributed by atoms with van der Waals surface area (Å²) in [7, 11) is 0. The number of hydrogen-bond donors (Lipinski definition) is 4. The molecule has 4 rings (SSSR count). The van der Waals surface area contributed by atoms with Gasteiger partial charge in [0.15, 0.2) is 12.2 Å². The number of rotatable bonds is 7. The molecule has 1 aromatic heterocycles. The van der Waals surface area contributed by atoms with Crippen molar-refractivity contribution >= 4 is 6.09 Å². The summed E-state index contributed by atoms with van der Waals surface area (Å²) in [6, 6.07) is 4.99. The van der Waals surface area contributed by atoms with E-state index in [0.29, 0.717) is 36.9 Å². The molecule has 1 aromatic carbocycles. The van der Waals surface area contributed by atoms with E-state index in [-0.39, 0.29) is 6.04 Å². The van der Waals surface area contributed by atoms with Crippen LogP contribution in [0.3, 0.4) is 0 Å². The van der Waals surface area contributed by atoms with Gasteiger partial charge in [0.1, 0.15) is 18.0 Å². The smallest absolute Gasteiger partial charge is 0.407 e. The molecule has 0 radical (unpaired) electrons. The number of nitrogens with zero attached hydrogens (tertiary/aromatic N) is 1. The molecule has 156 valence electrons. The zero-order valence-corrected chi connectivity index (χ0v) is 15.9. The maximum Gasteiger partial charge on any atom is 0.407 e. The summed E-state index contributed by atoms with van der Waals surface area (Å²) in [5.41, 5.74) is 1.06. The summed E-state index contributed by atoms with van der Waals surface area (Å²) in [6.07, 6.45) is 3.03. The Bertz CT molecular complexity index is 828. The monoisotopic (exact) mass is 404 g/mol. The third-order valence-electron chi connectivity index (χ3n) is 5.48. The Hall–Kier alpha value is -2.49. The second-order valence-corrected chi connectivity index (χ2v) is 7.49. The topological polar surface area (TPSA) is 109 Å². The minimum Gasteiger partial charge on any atom is -0.443 e. The van der Waals surface area contributed by atoms with Crippen LogP contribution in [0.4, 0.5) is 9.18 Å². The standard InChI is InChI=1S/C20H25FN4O4/c21-15-7-12(1-2-14(15)18-10-22-11-28-18)8-16-19(17(26)9-25-16)29-20(27)24-6-4-13-3-5-23-13/h1-2,7,10-11,13,16-17,19,23,25-26H,3-6,8-9H2,(H,24,27)/t13-,16+,17-,19-/m0/s1. The molecule has 3 heterocycles. The molecule has 0 saturated carbocycles. The number of aromatic nitrogens is 1. The fourth-order valence-electron chi connectivity index (χ4n) is 3.72. The number of carbonyl (C=O) groups excluding carboxylic acids is 1. The van der Waals surface area contributed by atoms with Gasteiger partial charge in [0, 0.05) is 19.1 Å². The number of amides is 1. The number of alkyl carbamates (subject to hydrolysis) is 1. The Morgan fingerprint density at radius 2 is 2.28 bits per heavy atom. The van der Waals surface area contributed by atoms with E-state index in [9.17, 15) is 14.3 Å². The van der Waals surface area contributed by atoms with Crippen molar-refractivity contribution in [1.82, 2.24) is 20.9 Å². The summed E-state index contributed by atoms with van der Waals surface area (Å²) in [5.74, 6) is -0.0592. The van der Waals surface area contributed by atoms with Gasteiger partial charge in [-0.25, -0.2) is 14.2 Å². The van der Waals surface area contributed by atoms with Crippen LogP contribution < -0.4 is 16.0 Å². The number of aliphatic hydroxyl groups is 1. The first-order valence-electron chi connectivity index (χ1n) is 9.87. The van der Waals surface area contributed by atoms with Crippen LogP contribution in [0.5, 0.6) is 0 Å². The van der Waals surface area contributed by atoms with Crippen molar-refractivity contribution < 1.29 is 23.4 Å². The zero-order chi connectivity index (χ0) is 20.2. The first kappa shape index (κ1) is 19.8. The van der Waals surface area contributed by atoms with Gasteiger partial charge < -0.3 is 30.2 Å². The van der Waals surface area contributed by atoms with Gasteiger partial charge in [-0.05, 0) is 43.5 Å². The van der Waals surface area contributed by atoms with Gasteiger partial charge in [-0.15, -0.1) is 0 Å². The van der Waals surface area contributed by atoms with Crippen molar-refractivity contribution in [1.29, 1.82) is 0 Å². The number of halogens is 1. The molecular weight excluding hydrogens is 379 g/mol. The molecule has 2 fully saturated rings. The van der Waals surface area contributed by atoms with Crippen molar-refractivity contribution in [3.8, 4) is 11.3 Å². The summed E-state index contributed by atoms with van der Waals surface area (Å²) < 4.78 is 25.0. The highest BCUT2D eigenvalue weighted by atomic mass is 19.1. The van der Waals surface area contributed by atoms with Crippen LogP contribution in [-0.4, -0.2) is 60.1 Å². The zero-order valence-electron chi connectivity index (χ0n) is 15.9. The molecule has 8 nitrogen and oxygen atoms in total. The first-order chi connectivity index (χ1) is 14.1. The Morgan fingerprint density at radius 1 is 1.41 bits per heavy atom. The minimum absolute atomic E-state index is 0.306. The molecule has 1 amide bonds. The van der Waals surface area contributed by atoms with E-state index in [2.05, 4.69) is 20.9 Å². The van der Waals surface area contributed by atoms with Crippen LogP contribution in [0.25, 0.3) is 11.3 Å².